The number of aliphatic imine (C=N–C) groups is 1. The van der Waals surface area contributed by atoms with E-state index in [0.717, 1.165) is 24.5 Å². The maximum atomic E-state index is 6.28. The van der Waals surface area contributed by atoms with Crippen LogP contribution in [0.3, 0.4) is 0 Å². The minimum Gasteiger partial charge on any atom is -0.493 e. The lowest BCUT2D eigenvalue weighted by atomic mass is 10.1. The number of guanidine groups is 1. The van der Waals surface area contributed by atoms with Gasteiger partial charge in [0.05, 0.1) is 18.7 Å². The van der Waals surface area contributed by atoms with Crippen LogP contribution < -0.4 is 20.1 Å². The summed E-state index contributed by atoms with van der Waals surface area (Å²) in [6, 6.07) is 3.80. The third kappa shape index (κ3) is 6.57. The molecule has 0 saturated carbocycles. The van der Waals surface area contributed by atoms with Crippen molar-refractivity contribution >= 4 is 17.6 Å². The molecular formula is C17H28ClN3O2. The van der Waals surface area contributed by atoms with Crippen molar-refractivity contribution in [1.82, 2.24) is 10.6 Å². The van der Waals surface area contributed by atoms with Crippen LogP contribution in [0, 0.1) is 5.92 Å². The highest BCUT2D eigenvalue weighted by atomic mass is 35.5. The normalized spacial score (nSPS) is 11.5. The molecule has 0 heterocycles. The highest BCUT2D eigenvalue weighted by Gasteiger charge is 2.11. The molecule has 0 aliphatic heterocycles. The van der Waals surface area contributed by atoms with Gasteiger partial charge in [-0.1, -0.05) is 25.4 Å². The van der Waals surface area contributed by atoms with Crippen LogP contribution >= 0.6 is 11.6 Å². The molecule has 1 rings (SSSR count). The summed E-state index contributed by atoms with van der Waals surface area (Å²) in [7, 11) is 3.37. The highest BCUT2D eigenvalue weighted by molar-refractivity contribution is 6.32. The van der Waals surface area contributed by atoms with E-state index in [1.807, 2.05) is 19.1 Å². The van der Waals surface area contributed by atoms with E-state index in [4.69, 9.17) is 21.1 Å². The molecule has 0 bridgehead atoms. The Balaban J connectivity index is 2.68. The monoisotopic (exact) mass is 341 g/mol. The number of benzene rings is 1. The molecule has 0 saturated heterocycles. The van der Waals surface area contributed by atoms with Gasteiger partial charge in [0, 0.05) is 20.1 Å². The second-order valence-electron chi connectivity index (χ2n) is 5.58. The van der Waals surface area contributed by atoms with Gasteiger partial charge in [-0.25, -0.2) is 0 Å². The molecule has 0 aliphatic carbocycles. The molecule has 6 heteroatoms. The van der Waals surface area contributed by atoms with Crippen molar-refractivity contribution in [2.45, 2.75) is 33.7 Å². The molecule has 130 valence electrons. The fraction of sp³-hybridized carbons (Fsp3) is 0.588. The number of hydrogen-bond acceptors (Lipinski definition) is 3. The second-order valence-corrected chi connectivity index (χ2v) is 5.98. The number of halogens is 1. The summed E-state index contributed by atoms with van der Waals surface area (Å²) in [5.41, 5.74) is 1.00. The van der Waals surface area contributed by atoms with Gasteiger partial charge in [0.2, 0.25) is 0 Å². The Kier molecular flexibility index (Phi) is 8.62. The summed E-state index contributed by atoms with van der Waals surface area (Å²) < 4.78 is 10.9. The quantitative estimate of drug-likeness (QED) is 0.561. The molecule has 0 aromatic heterocycles. The van der Waals surface area contributed by atoms with Crippen LogP contribution in [0.15, 0.2) is 17.1 Å². The lowest BCUT2D eigenvalue weighted by molar-refractivity contribution is 0.311. The first-order valence-electron chi connectivity index (χ1n) is 7.95. The smallest absolute Gasteiger partial charge is 0.191 e. The Morgan fingerprint density at radius 3 is 2.61 bits per heavy atom. The Morgan fingerprint density at radius 1 is 1.30 bits per heavy atom. The first-order chi connectivity index (χ1) is 11.0. The maximum Gasteiger partial charge on any atom is 0.191 e. The largest absolute Gasteiger partial charge is 0.493 e. The van der Waals surface area contributed by atoms with Crippen molar-refractivity contribution in [2.75, 3.05) is 27.3 Å². The zero-order chi connectivity index (χ0) is 17.2. The lowest BCUT2D eigenvalue weighted by Crippen LogP contribution is -2.37. The van der Waals surface area contributed by atoms with Crippen molar-refractivity contribution in [2.24, 2.45) is 10.9 Å². The average Bonchev–Trinajstić information content (AvgIpc) is 2.52. The summed E-state index contributed by atoms with van der Waals surface area (Å²) in [5.74, 6) is 2.66. The Labute approximate surface area is 144 Å². The van der Waals surface area contributed by atoms with Gasteiger partial charge in [0.15, 0.2) is 17.5 Å². The minimum atomic E-state index is 0.542. The van der Waals surface area contributed by atoms with Crippen LogP contribution in [0.4, 0.5) is 0 Å². The van der Waals surface area contributed by atoms with Gasteiger partial charge in [0.1, 0.15) is 0 Å². The van der Waals surface area contributed by atoms with Crippen LogP contribution in [0.1, 0.15) is 32.8 Å². The SMILES string of the molecule is CCOc1c(Cl)cc(CNC(=NC)NCCC(C)C)cc1OC. The molecule has 1 aromatic carbocycles. The number of rotatable bonds is 8. The molecule has 23 heavy (non-hydrogen) atoms. The fourth-order valence-electron chi connectivity index (χ4n) is 2.05. The van der Waals surface area contributed by atoms with E-state index in [1.165, 1.54) is 0 Å². The van der Waals surface area contributed by atoms with Crippen LogP contribution in [0.25, 0.3) is 0 Å². The standard InChI is InChI=1S/C17H28ClN3O2/c1-6-23-16-14(18)9-13(10-15(16)22-5)11-21-17(19-4)20-8-7-12(2)3/h9-10,12H,6-8,11H2,1-5H3,(H2,19,20,21). The van der Waals surface area contributed by atoms with Gasteiger partial charge in [-0.05, 0) is 37.0 Å². The number of hydrogen-bond donors (Lipinski definition) is 2. The topological polar surface area (TPSA) is 54.9 Å². The molecule has 5 nitrogen and oxygen atoms in total. The summed E-state index contributed by atoms with van der Waals surface area (Å²) in [6.07, 6.45) is 1.10. The van der Waals surface area contributed by atoms with E-state index in [0.29, 0.717) is 35.6 Å². The molecule has 2 N–H and O–H groups in total. The summed E-state index contributed by atoms with van der Waals surface area (Å²) in [5, 5.41) is 7.12. The van der Waals surface area contributed by atoms with Crippen LogP contribution in [-0.2, 0) is 6.54 Å². The predicted molar refractivity (Wildman–Crippen MR) is 96.8 cm³/mol. The Morgan fingerprint density at radius 2 is 2.04 bits per heavy atom. The summed E-state index contributed by atoms with van der Waals surface area (Å²) in [4.78, 5) is 4.22. The zero-order valence-corrected chi connectivity index (χ0v) is 15.5. The number of ether oxygens (including phenoxy) is 2. The summed E-state index contributed by atoms with van der Waals surface area (Å²) in [6.45, 7) is 8.35. The molecular weight excluding hydrogens is 314 g/mol. The fourth-order valence-corrected chi connectivity index (χ4v) is 2.33. The van der Waals surface area contributed by atoms with Crippen molar-refractivity contribution in [1.29, 1.82) is 0 Å². The molecule has 0 radical (unpaired) electrons. The first-order valence-corrected chi connectivity index (χ1v) is 8.33. The predicted octanol–water partition coefficient (Wildman–Crippen LogP) is 3.46. The molecule has 0 unspecified atom stereocenters. The van der Waals surface area contributed by atoms with Crippen LogP contribution in [0.5, 0.6) is 11.5 Å². The third-order valence-electron chi connectivity index (χ3n) is 3.28. The van der Waals surface area contributed by atoms with E-state index >= 15 is 0 Å². The molecule has 0 aliphatic rings. The molecule has 1 aromatic rings. The second kappa shape index (κ2) is 10.2. The molecule has 0 fully saturated rings. The Bertz CT molecular complexity index is 519. The van der Waals surface area contributed by atoms with E-state index < -0.39 is 0 Å². The van der Waals surface area contributed by atoms with E-state index in [9.17, 15) is 0 Å². The average molecular weight is 342 g/mol. The first kappa shape index (κ1) is 19.4. The van der Waals surface area contributed by atoms with Crippen molar-refractivity contribution in [3.63, 3.8) is 0 Å². The molecule has 0 spiro atoms. The van der Waals surface area contributed by atoms with Crippen molar-refractivity contribution < 1.29 is 9.47 Å². The minimum absolute atomic E-state index is 0.542. The van der Waals surface area contributed by atoms with Crippen LogP contribution in [-0.4, -0.2) is 33.3 Å². The number of nitrogens with one attached hydrogen (secondary N) is 2. The van der Waals surface area contributed by atoms with E-state index in [2.05, 4.69) is 29.5 Å². The van der Waals surface area contributed by atoms with E-state index in [-0.39, 0.29) is 0 Å². The van der Waals surface area contributed by atoms with Crippen molar-refractivity contribution in [3.8, 4) is 11.5 Å². The zero-order valence-electron chi connectivity index (χ0n) is 14.7. The lowest BCUT2D eigenvalue weighted by Gasteiger charge is -2.15. The van der Waals surface area contributed by atoms with Gasteiger partial charge in [-0.15, -0.1) is 0 Å². The third-order valence-corrected chi connectivity index (χ3v) is 3.56. The molecule has 0 atom stereocenters. The van der Waals surface area contributed by atoms with Gasteiger partial charge < -0.3 is 20.1 Å². The molecule has 0 amide bonds. The van der Waals surface area contributed by atoms with Gasteiger partial charge >= 0.3 is 0 Å². The summed E-state index contributed by atoms with van der Waals surface area (Å²) >= 11 is 6.28. The number of methoxy groups -OCH3 is 1. The van der Waals surface area contributed by atoms with E-state index in [1.54, 1.807) is 14.2 Å². The Hall–Kier alpha value is -1.62. The maximum absolute atomic E-state index is 6.28. The highest BCUT2D eigenvalue weighted by Crippen LogP contribution is 2.36. The number of nitrogens with zero attached hydrogens (tertiary/aromatic N) is 1. The van der Waals surface area contributed by atoms with Gasteiger partial charge in [-0.3, -0.25) is 4.99 Å². The van der Waals surface area contributed by atoms with Crippen molar-refractivity contribution in [3.05, 3.63) is 22.7 Å². The van der Waals surface area contributed by atoms with Gasteiger partial charge in [0.25, 0.3) is 0 Å². The van der Waals surface area contributed by atoms with Gasteiger partial charge in [-0.2, -0.15) is 0 Å². The van der Waals surface area contributed by atoms with Crippen LogP contribution in [0.2, 0.25) is 5.02 Å².